The Morgan fingerprint density at radius 2 is 2.14 bits per heavy atom. The Bertz CT molecular complexity index is 634. The fraction of sp³-hybridized carbons (Fsp3) is 0.357. The summed E-state index contributed by atoms with van der Waals surface area (Å²) in [6.07, 6.45) is 5.49. The molecule has 0 bridgehead atoms. The lowest BCUT2D eigenvalue weighted by Gasteiger charge is -2.26. The first-order valence-electron chi connectivity index (χ1n) is 6.43. The van der Waals surface area contributed by atoms with Gasteiger partial charge in [0.05, 0.1) is 4.91 Å². The molecule has 0 aromatic carbocycles. The minimum absolute atomic E-state index is 0.221. The molecule has 1 saturated heterocycles. The predicted octanol–water partition coefficient (Wildman–Crippen LogP) is 2.34. The standard InChI is InChI=1S/C14H16N2O3S2/c1-8(2)11(13(18)19)16-12(17)10(21-14(16)20)6-9-4-5-15(3)7-9/h4-8,11H,1-3H3,(H,18,19)/b10-6+. The SMILES string of the molecule is CC(C)C(C(=O)O)N1C(=O)/C(=C\c2ccn(C)c2)SC1=S. The topological polar surface area (TPSA) is 62.5 Å². The quantitative estimate of drug-likeness (QED) is 0.680. The summed E-state index contributed by atoms with van der Waals surface area (Å²) in [6.45, 7) is 3.52. The van der Waals surface area contributed by atoms with E-state index < -0.39 is 12.0 Å². The van der Waals surface area contributed by atoms with Gasteiger partial charge in [0.2, 0.25) is 0 Å². The Balaban J connectivity index is 2.32. The molecule has 1 aliphatic rings. The third kappa shape index (κ3) is 3.19. The van der Waals surface area contributed by atoms with Crippen LogP contribution in [0.3, 0.4) is 0 Å². The van der Waals surface area contributed by atoms with E-state index in [0.29, 0.717) is 9.23 Å². The summed E-state index contributed by atoms with van der Waals surface area (Å²) < 4.78 is 2.17. The van der Waals surface area contributed by atoms with Crippen molar-refractivity contribution >= 4 is 46.3 Å². The normalized spacial score (nSPS) is 18.9. The van der Waals surface area contributed by atoms with Crippen LogP contribution in [-0.2, 0) is 16.6 Å². The third-order valence-electron chi connectivity index (χ3n) is 3.14. The monoisotopic (exact) mass is 324 g/mol. The number of amides is 1. The van der Waals surface area contributed by atoms with Crippen LogP contribution >= 0.6 is 24.0 Å². The molecule has 1 aromatic heterocycles. The Labute approximate surface area is 132 Å². The number of carboxylic acid groups (broad SMARTS) is 1. The number of carbonyl (C=O) groups is 2. The molecule has 1 fully saturated rings. The number of thioether (sulfide) groups is 1. The summed E-state index contributed by atoms with van der Waals surface area (Å²) in [5.41, 5.74) is 0.884. The zero-order valence-electron chi connectivity index (χ0n) is 11.9. The van der Waals surface area contributed by atoms with Crippen LogP contribution in [-0.4, -0.2) is 36.8 Å². The summed E-state index contributed by atoms with van der Waals surface area (Å²) in [7, 11) is 1.89. The number of nitrogens with zero attached hydrogens (tertiary/aromatic N) is 2. The number of aryl methyl sites for hydroxylation is 1. The van der Waals surface area contributed by atoms with Crippen molar-refractivity contribution in [1.82, 2.24) is 9.47 Å². The smallest absolute Gasteiger partial charge is 0.327 e. The molecule has 2 rings (SSSR count). The van der Waals surface area contributed by atoms with E-state index in [2.05, 4.69) is 0 Å². The lowest BCUT2D eigenvalue weighted by atomic mass is 10.0. The summed E-state index contributed by atoms with van der Waals surface area (Å²) in [4.78, 5) is 25.5. The molecule has 7 heteroatoms. The van der Waals surface area contributed by atoms with E-state index in [-0.39, 0.29) is 11.8 Å². The van der Waals surface area contributed by atoms with Crippen molar-refractivity contribution in [3.05, 3.63) is 28.9 Å². The fourth-order valence-electron chi connectivity index (χ4n) is 2.17. The molecule has 1 amide bonds. The Morgan fingerprint density at radius 1 is 1.48 bits per heavy atom. The second-order valence-electron chi connectivity index (χ2n) is 5.19. The molecule has 2 heterocycles. The van der Waals surface area contributed by atoms with E-state index in [0.717, 1.165) is 17.3 Å². The van der Waals surface area contributed by atoms with E-state index in [1.54, 1.807) is 19.9 Å². The summed E-state index contributed by atoms with van der Waals surface area (Å²) in [5, 5.41) is 9.33. The molecule has 0 saturated carbocycles. The first-order chi connectivity index (χ1) is 9.81. The number of carboxylic acids is 1. The highest BCUT2D eigenvalue weighted by Gasteiger charge is 2.41. The molecule has 0 radical (unpaired) electrons. The van der Waals surface area contributed by atoms with Crippen molar-refractivity contribution in [3.8, 4) is 0 Å². The lowest BCUT2D eigenvalue weighted by molar-refractivity contribution is -0.146. The zero-order chi connectivity index (χ0) is 15.7. The van der Waals surface area contributed by atoms with Gasteiger partial charge in [0.15, 0.2) is 0 Å². The minimum Gasteiger partial charge on any atom is -0.480 e. The van der Waals surface area contributed by atoms with E-state index in [1.807, 2.05) is 30.1 Å². The number of hydrogen-bond donors (Lipinski definition) is 1. The second kappa shape index (κ2) is 6.03. The molecule has 1 unspecified atom stereocenters. The van der Waals surface area contributed by atoms with Crippen molar-refractivity contribution in [2.75, 3.05) is 0 Å². The highest BCUT2D eigenvalue weighted by molar-refractivity contribution is 8.26. The molecule has 21 heavy (non-hydrogen) atoms. The zero-order valence-corrected chi connectivity index (χ0v) is 13.6. The molecule has 0 spiro atoms. The average Bonchev–Trinajstić information content (AvgIpc) is 2.88. The van der Waals surface area contributed by atoms with Gasteiger partial charge in [-0.05, 0) is 23.6 Å². The van der Waals surface area contributed by atoms with Crippen molar-refractivity contribution in [2.45, 2.75) is 19.9 Å². The average molecular weight is 324 g/mol. The van der Waals surface area contributed by atoms with Gasteiger partial charge in [-0.1, -0.05) is 37.8 Å². The maximum absolute atomic E-state index is 12.5. The summed E-state index contributed by atoms with van der Waals surface area (Å²) in [6, 6.07) is 0.947. The van der Waals surface area contributed by atoms with Crippen LogP contribution in [0.5, 0.6) is 0 Å². The van der Waals surface area contributed by atoms with E-state index in [9.17, 15) is 14.7 Å². The van der Waals surface area contributed by atoms with Gasteiger partial charge in [0.25, 0.3) is 5.91 Å². The van der Waals surface area contributed by atoms with Crippen molar-refractivity contribution in [1.29, 1.82) is 0 Å². The van der Waals surface area contributed by atoms with Crippen LogP contribution in [0.25, 0.3) is 6.08 Å². The maximum atomic E-state index is 12.5. The van der Waals surface area contributed by atoms with Gasteiger partial charge in [-0.3, -0.25) is 9.69 Å². The van der Waals surface area contributed by atoms with E-state index in [1.165, 1.54) is 4.90 Å². The summed E-state index contributed by atoms with van der Waals surface area (Å²) in [5.74, 6) is -1.60. The van der Waals surface area contributed by atoms with Gasteiger partial charge in [0, 0.05) is 19.4 Å². The molecular weight excluding hydrogens is 308 g/mol. The molecule has 1 aromatic rings. The highest BCUT2D eigenvalue weighted by atomic mass is 32.2. The molecule has 1 N–H and O–H groups in total. The highest BCUT2D eigenvalue weighted by Crippen LogP contribution is 2.35. The number of aliphatic carboxylic acids is 1. The van der Waals surface area contributed by atoms with Gasteiger partial charge in [-0.2, -0.15) is 0 Å². The van der Waals surface area contributed by atoms with Gasteiger partial charge in [-0.25, -0.2) is 4.79 Å². The predicted molar refractivity (Wildman–Crippen MR) is 86.7 cm³/mol. The van der Waals surface area contributed by atoms with Crippen LogP contribution < -0.4 is 0 Å². The number of hydrogen-bond acceptors (Lipinski definition) is 4. The maximum Gasteiger partial charge on any atom is 0.327 e. The fourth-order valence-corrected chi connectivity index (χ4v) is 3.50. The number of carbonyl (C=O) groups excluding carboxylic acids is 1. The molecule has 112 valence electrons. The molecular formula is C14H16N2O3S2. The minimum atomic E-state index is -1.04. The molecule has 1 aliphatic heterocycles. The second-order valence-corrected chi connectivity index (χ2v) is 6.86. The Morgan fingerprint density at radius 3 is 2.62 bits per heavy atom. The van der Waals surface area contributed by atoms with E-state index >= 15 is 0 Å². The number of rotatable bonds is 4. The lowest BCUT2D eigenvalue weighted by Crippen LogP contribution is -2.47. The van der Waals surface area contributed by atoms with Crippen LogP contribution in [0.15, 0.2) is 23.4 Å². The van der Waals surface area contributed by atoms with Gasteiger partial charge >= 0.3 is 5.97 Å². The van der Waals surface area contributed by atoms with Crippen molar-refractivity contribution in [2.24, 2.45) is 13.0 Å². The Kier molecular flexibility index (Phi) is 4.53. The third-order valence-corrected chi connectivity index (χ3v) is 4.47. The van der Waals surface area contributed by atoms with Crippen LogP contribution in [0.4, 0.5) is 0 Å². The largest absolute Gasteiger partial charge is 0.480 e. The van der Waals surface area contributed by atoms with E-state index in [4.69, 9.17) is 12.2 Å². The van der Waals surface area contributed by atoms with Crippen LogP contribution in [0, 0.1) is 5.92 Å². The Hall–Kier alpha value is -1.60. The van der Waals surface area contributed by atoms with Crippen LogP contribution in [0.1, 0.15) is 19.4 Å². The van der Waals surface area contributed by atoms with Gasteiger partial charge in [0.1, 0.15) is 10.4 Å². The van der Waals surface area contributed by atoms with Crippen LogP contribution in [0.2, 0.25) is 0 Å². The van der Waals surface area contributed by atoms with Gasteiger partial charge in [-0.15, -0.1) is 0 Å². The first-order valence-corrected chi connectivity index (χ1v) is 7.65. The van der Waals surface area contributed by atoms with Crippen molar-refractivity contribution in [3.63, 3.8) is 0 Å². The molecule has 5 nitrogen and oxygen atoms in total. The molecule has 0 aliphatic carbocycles. The number of aromatic nitrogens is 1. The summed E-state index contributed by atoms with van der Waals surface area (Å²) >= 11 is 6.33. The number of thiocarbonyl (C=S) groups is 1. The molecule has 1 atom stereocenters. The van der Waals surface area contributed by atoms with Gasteiger partial charge < -0.3 is 9.67 Å². The van der Waals surface area contributed by atoms with Crippen molar-refractivity contribution < 1.29 is 14.7 Å². The first kappa shape index (κ1) is 15.8.